The summed E-state index contributed by atoms with van der Waals surface area (Å²) in [4.78, 5) is 50.4. The lowest BCUT2D eigenvalue weighted by Crippen LogP contribution is -2.49. The van der Waals surface area contributed by atoms with Crippen LogP contribution in [0.25, 0.3) is 0 Å². The van der Waals surface area contributed by atoms with Gasteiger partial charge in [-0.05, 0) is 24.3 Å². The molecule has 0 bridgehead atoms. The maximum Gasteiger partial charge on any atom is 0.260 e. The summed E-state index contributed by atoms with van der Waals surface area (Å²) < 4.78 is 0. The Balaban J connectivity index is 1.28. The molecule has 2 N–H and O–H groups in total. The van der Waals surface area contributed by atoms with Crippen molar-refractivity contribution in [3.8, 4) is 0 Å². The number of hydrogen-bond donors (Lipinski definition) is 2. The van der Waals surface area contributed by atoms with Gasteiger partial charge in [-0.15, -0.1) is 0 Å². The van der Waals surface area contributed by atoms with Crippen LogP contribution in [0.3, 0.4) is 0 Å². The van der Waals surface area contributed by atoms with Crippen molar-refractivity contribution in [3.63, 3.8) is 0 Å². The molecule has 5 rings (SSSR count). The van der Waals surface area contributed by atoms with Gasteiger partial charge in [0, 0.05) is 49.6 Å². The van der Waals surface area contributed by atoms with Crippen LogP contribution in [-0.2, 0) is 4.79 Å². The molecule has 3 amide bonds. The second kappa shape index (κ2) is 8.70. The summed E-state index contributed by atoms with van der Waals surface area (Å²) in [5.41, 5.74) is 2.42. The van der Waals surface area contributed by atoms with E-state index in [2.05, 4.69) is 20.6 Å². The zero-order chi connectivity index (χ0) is 22.8. The van der Waals surface area contributed by atoms with Gasteiger partial charge in [-0.2, -0.15) is 0 Å². The van der Waals surface area contributed by atoms with E-state index in [1.54, 1.807) is 52.5 Å². The van der Waals surface area contributed by atoms with Crippen molar-refractivity contribution >= 4 is 29.4 Å². The average molecular weight is 442 g/mol. The van der Waals surface area contributed by atoms with Crippen molar-refractivity contribution in [1.82, 2.24) is 20.2 Å². The van der Waals surface area contributed by atoms with E-state index in [0.717, 1.165) is 5.56 Å². The smallest absolute Gasteiger partial charge is 0.260 e. The second-order valence-electron chi connectivity index (χ2n) is 7.75. The number of amides is 3. The molecule has 2 aliphatic rings. The first-order chi connectivity index (χ1) is 16.1. The molecule has 3 heterocycles. The minimum Gasteiger partial charge on any atom is -0.354 e. The summed E-state index contributed by atoms with van der Waals surface area (Å²) >= 11 is 0. The predicted octanol–water partition coefficient (Wildman–Crippen LogP) is 2.21. The van der Waals surface area contributed by atoms with E-state index >= 15 is 0 Å². The molecule has 0 saturated heterocycles. The first kappa shape index (κ1) is 20.6. The fourth-order valence-electron chi connectivity index (χ4n) is 4.28. The van der Waals surface area contributed by atoms with Crippen LogP contribution < -0.4 is 15.5 Å². The Kier molecular flexibility index (Phi) is 5.43. The zero-order valence-corrected chi connectivity index (χ0v) is 17.8. The first-order valence-corrected chi connectivity index (χ1v) is 10.8. The standard InChI is InChI=1S/C24H22N6O3/c31-20(25-13-14-28-24-26-11-5-12-27-24)10-15-29-21-16-6-1-2-7-17(16)23(33)30(21)19-9-4-3-8-18(19)22(29)32/h1-9,11-12,21H,10,13-15H2,(H,25,31)(H,26,27,28). The van der Waals surface area contributed by atoms with Gasteiger partial charge in [-0.1, -0.05) is 30.3 Å². The Morgan fingerprint density at radius 2 is 1.61 bits per heavy atom. The maximum absolute atomic E-state index is 13.3. The second-order valence-corrected chi connectivity index (χ2v) is 7.75. The highest BCUT2D eigenvalue weighted by atomic mass is 16.2. The molecule has 2 aliphatic heterocycles. The van der Waals surface area contributed by atoms with E-state index < -0.39 is 6.17 Å². The Labute approximate surface area is 190 Å². The average Bonchev–Trinajstić information content (AvgIpc) is 3.15. The van der Waals surface area contributed by atoms with Crippen molar-refractivity contribution in [1.29, 1.82) is 0 Å². The molecule has 1 unspecified atom stereocenters. The highest BCUT2D eigenvalue weighted by molar-refractivity contribution is 6.16. The van der Waals surface area contributed by atoms with Gasteiger partial charge in [0.15, 0.2) is 0 Å². The third kappa shape index (κ3) is 3.78. The van der Waals surface area contributed by atoms with Gasteiger partial charge in [0.05, 0.1) is 11.3 Å². The summed E-state index contributed by atoms with van der Waals surface area (Å²) in [6.07, 6.45) is 2.84. The normalized spacial score (nSPS) is 16.2. The SMILES string of the molecule is O=C(CCN1C(=O)c2ccccc2N2C(=O)c3ccccc3C12)NCCNc1ncccn1. The van der Waals surface area contributed by atoms with Crippen molar-refractivity contribution in [2.24, 2.45) is 0 Å². The van der Waals surface area contributed by atoms with E-state index in [4.69, 9.17) is 0 Å². The van der Waals surface area contributed by atoms with Gasteiger partial charge < -0.3 is 15.5 Å². The highest BCUT2D eigenvalue weighted by Crippen LogP contribution is 2.45. The largest absolute Gasteiger partial charge is 0.354 e. The number of hydrogen-bond acceptors (Lipinski definition) is 6. The van der Waals surface area contributed by atoms with Crippen molar-refractivity contribution < 1.29 is 14.4 Å². The molecule has 166 valence electrons. The topological polar surface area (TPSA) is 108 Å². The molecule has 0 fully saturated rings. The molecule has 9 heteroatoms. The quantitative estimate of drug-likeness (QED) is 0.544. The molecule has 2 aromatic carbocycles. The van der Waals surface area contributed by atoms with Crippen LogP contribution in [0.1, 0.15) is 38.9 Å². The van der Waals surface area contributed by atoms with Crippen LogP contribution in [-0.4, -0.2) is 52.2 Å². The molecule has 0 aliphatic carbocycles. The number of carbonyl (C=O) groups is 3. The van der Waals surface area contributed by atoms with E-state index in [0.29, 0.717) is 35.9 Å². The fraction of sp³-hybridized carbons (Fsp3) is 0.208. The van der Waals surface area contributed by atoms with Gasteiger partial charge in [0.1, 0.15) is 6.17 Å². The minimum atomic E-state index is -0.555. The van der Waals surface area contributed by atoms with E-state index in [1.165, 1.54) is 0 Å². The Hall–Kier alpha value is -4.27. The van der Waals surface area contributed by atoms with Crippen LogP contribution in [0.4, 0.5) is 11.6 Å². The van der Waals surface area contributed by atoms with Gasteiger partial charge in [-0.25, -0.2) is 9.97 Å². The summed E-state index contributed by atoms with van der Waals surface area (Å²) in [5, 5.41) is 5.86. The molecule has 0 radical (unpaired) electrons. The van der Waals surface area contributed by atoms with Gasteiger partial charge in [0.2, 0.25) is 11.9 Å². The lowest BCUT2D eigenvalue weighted by molar-refractivity contribution is -0.121. The number of fused-ring (bicyclic) bond motifs is 5. The molecule has 1 atom stereocenters. The van der Waals surface area contributed by atoms with Crippen LogP contribution in [0.2, 0.25) is 0 Å². The third-order valence-corrected chi connectivity index (χ3v) is 5.76. The number of rotatable bonds is 7. The van der Waals surface area contributed by atoms with E-state index in [9.17, 15) is 14.4 Å². The van der Waals surface area contributed by atoms with Gasteiger partial charge in [-0.3, -0.25) is 19.3 Å². The summed E-state index contributed by atoms with van der Waals surface area (Å²) in [5.74, 6) is -0.0122. The van der Waals surface area contributed by atoms with Crippen molar-refractivity contribution in [2.45, 2.75) is 12.6 Å². The van der Waals surface area contributed by atoms with Gasteiger partial charge in [0.25, 0.3) is 11.8 Å². The van der Waals surface area contributed by atoms with Crippen molar-refractivity contribution in [3.05, 3.63) is 83.7 Å². The lowest BCUT2D eigenvalue weighted by Gasteiger charge is -2.40. The third-order valence-electron chi connectivity index (χ3n) is 5.76. The molecule has 9 nitrogen and oxygen atoms in total. The predicted molar refractivity (Wildman–Crippen MR) is 122 cm³/mol. The molecular formula is C24H22N6O3. The summed E-state index contributed by atoms with van der Waals surface area (Å²) in [6, 6.07) is 16.1. The molecule has 0 saturated carbocycles. The molecule has 1 aromatic heterocycles. The van der Waals surface area contributed by atoms with Crippen LogP contribution in [0, 0.1) is 0 Å². The number of benzene rings is 2. The van der Waals surface area contributed by atoms with E-state index in [-0.39, 0.29) is 30.7 Å². The fourth-order valence-corrected chi connectivity index (χ4v) is 4.28. The first-order valence-electron chi connectivity index (χ1n) is 10.8. The Morgan fingerprint density at radius 3 is 2.42 bits per heavy atom. The van der Waals surface area contributed by atoms with Gasteiger partial charge >= 0.3 is 0 Å². The van der Waals surface area contributed by atoms with Crippen LogP contribution in [0.5, 0.6) is 0 Å². The molecular weight excluding hydrogens is 420 g/mol. The number of anilines is 2. The number of para-hydroxylation sites is 1. The highest BCUT2D eigenvalue weighted by Gasteiger charge is 2.47. The molecule has 3 aromatic rings. The number of aromatic nitrogens is 2. The maximum atomic E-state index is 13.3. The summed E-state index contributed by atoms with van der Waals surface area (Å²) in [6.45, 7) is 1.06. The molecule has 33 heavy (non-hydrogen) atoms. The van der Waals surface area contributed by atoms with Crippen molar-refractivity contribution in [2.75, 3.05) is 29.9 Å². The lowest BCUT2D eigenvalue weighted by atomic mass is 10.0. The molecule has 0 spiro atoms. The number of nitrogens with zero attached hydrogens (tertiary/aromatic N) is 4. The number of carbonyl (C=O) groups excluding carboxylic acids is 3. The van der Waals surface area contributed by atoms with Crippen LogP contribution >= 0.6 is 0 Å². The van der Waals surface area contributed by atoms with E-state index in [1.807, 2.05) is 24.3 Å². The summed E-state index contributed by atoms with van der Waals surface area (Å²) in [7, 11) is 0. The van der Waals surface area contributed by atoms with Crippen LogP contribution in [0.15, 0.2) is 67.0 Å². The zero-order valence-electron chi connectivity index (χ0n) is 17.8. The minimum absolute atomic E-state index is 0.121. The Bertz CT molecular complexity index is 1220. The monoisotopic (exact) mass is 442 g/mol. The Morgan fingerprint density at radius 1 is 0.879 bits per heavy atom. The number of nitrogens with one attached hydrogen (secondary N) is 2.